The average molecular weight is 472 g/mol. The minimum absolute atomic E-state index is 0.0854. The number of fused-ring (bicyclic) bond motifs is 4. The van der Waals surface area contributed by atoms with E-state index in [0.29, 0.717) is 29.6 Å². The van der Waals surface area contributed by atoms with Crippen molar-refractivity contribution in [2.75, 3.05) is 19.0 Å². The zero-order valence-corrected chi connectivity index (χ0v) is 19.6. The van der Waals surface area contributed by atoms with Crippen molar-refractivity contribution in [3.8, 4) is 11.4 Å². The van der Waals surface area contributed by atoms with Gasteiger partial charge in [0.2, 0.25) is 5.95 Å². The molecule has 1 aliphatic rings. The van der Waals surface area contributed by atoms with Crippen LogP contribution in [0.15, 0.2) is 48.9 Å². The van der Waals surface area contributed by atoms with Gasteiger partial charge in [0.1, 0.15) is 5.82 Å². The summed E-state index contributed by atoms with van der Waals surface area (Å²) in [5.41, 5.74) is 5.97. The molecule has 0 amide bonds. The molecule has 1 aliphatic carbocycles. The fraction of sp³-hybridized carbons (Fsp3) is 0.308. The molecule has 0 aliphatic heterocycles. The van der Waals surface area contributed by atoms with Gasteiger partial charge < -0.3 is 15.0 Å². The third kappa shape index (κ3) is 3.91. The molecular weight excluding hydrogens is 445 g/mol. The second-order valence-corrected chi connectivity index (χ2v) is 9.17. The molecule has 8 nitrogen and oxygen atoms in total. The first-order chi connectivity index (χ1) is 17.1. The Labute approximate surface area is 201 Å². The van der Waals surface area contributed by atoms with Crippen LogP contribution < -0.4 is 5.32 Å². The van der Waals surface area contributed by atoms with Gasteiger partial charge in [-0.3, -0.25) is 4.98 Å². The third-order valence-electron chi connectivity index (χ3n) is 6.73. The van der Waals surface area contributed by atoms with Crippen molar-refractivity contribution in [2.24, 2.45) is 0 Å². The molecule has 2 atom stereocenters. The summed E-state index contributed by atoms with van der Waals surface area (Å²) in [6.45, 7) is 2.61. The van der Waals surface area contributed by atoms with Crippen molar-refractivity contribution in [2.45, 2.75) is 38.1 Å². The molecule has 2 N–H and O–H groups in total. The molecule has 0 unspecified atom stereocenters. The van der Waals surface area contributed by atoms with Crippen LogP contribution in [0.2, 0.25) is 0 Å². The Morgan fingerprint density at radius 1 is 1.23 bits per heavy atom. The maximum absolute atomic E-state index is 14.0. The number of pyridine rings is 1. The summed E-state index contributed by atoms with van der Waals surface area (Å²) in [6.07, 6.45) is 7.34. The molecule has 4 heterocycles. The molecule has 6 rings (SSSR count). The molecule has 5 aromatic rings. The first kappa shape index (κ1) is 21.7. The maximum atomic E-state index is 14.0. The third-order valence-corrected chi connectivity index (χ3v) is 6.73. The van der Waals surface area contributed by atoms with Crippen LogP contribution >= 0.6 is 0 Å². The number of para-hydroxylation sites is 1. The summed E-state index contributed by atoms with van der Waals surface area (Å²) in [6, 6.07) is 9.99. The van der Waals surface area contributed by atoms with Gasteiger partial charge in [0.15, 0.2) is 11.5 Å². The van der Waals surface area contributed by atoms with Gasteiger partial charge in [-0.25, -0.2) is 9.37 Å². The monoisotopic (exact) mass is 471 g/mol. The number of anilines is 1. The Balaban J connectivity index is 1.41. The van der Waals surface area contributed by atoms with Crippen molar-refractivity contribution in [1.82, 2.24) is 29.5 Å². The van der Waals surface area contributed by atoms with Crippen molar-refractivity contribution in [3.63, 3.8) is 0 Å². The number of benzene rings is 1. The molecule has 0 saturated carbocycles. The molecule has 4 aromatic heterocycles. The Morgan fingerprint density at radius 3 is 2.97 bits per heavy atom. The Bertz CT molecular complexity index is 1530. The number of hydrogen-bond acceptors (Lipinski definition) is 6. The Morgan fingerprint density at radius 2 is 2.11 bits per heavy atom. The van der Waals surface area contributed by atoms with Crippen LogP contribution in [-0.4, -0.2) is 49.3 Å². The molecule has 178 valence electrons. The lowest BCUT2D eigenvalue weighted by Crippen LogP contribution is -2.29. The van der Waals surface area contributed by atoms with Crippen LogP contribution in [0.4, 0.5) is 10.3 Å². The summed E-state index contributed by atoms with van der Waals surface area (Å²) >= 11 is 0. The van der Waals surface area contributed by atoms with Crippen LogP contribution in [0.3, 0.4) is 0 Å². The van der Waals surface area contributed by atoms with E-state index in [2.05, 4.69) is 51.6 Å². The SMILES string of the molecule is COC[C@@H](C)c1cnn2c(N[C@H]3CCc4[nH]c5ccccc5c4C3)nc(-c3cncc(F)c3)nc12. The minimum Gasteiger partial charge on any atom is -0.384 e. The van der Waals surface area contributed by atoms with Gasteiger partial charge in [0, 0.05) is 53.0 Å². The van der Waals surface area contributed by atoms with Crippen LogP contribution in [0.25, 0.3) is 27.9 Å². The van der Waals surface area contributed by atoms with E-state index in [1.54, 1.807) is 17.8 Å². The van der Waals surface area contributed by atoms with Gasteiger partial charge in [-0.05, 0) is 37.0 Å². The van der Waals surface area contributed by atoms with Crippen molar-refractivity contribution < 1.29 is 9.13 Å². The largest absolute Gasteiger partial charge is 0.384 e. The smallest absolute Gasteiger partial charge is 0.228 e. The number of nitrogens with one attached hydrogen (secondary N) is 2. The normalized spacial score (nSPS) is 16.5. The quantitative estimate of drug-likeness (QED) is 0.378. The lowest BCUT2D eigenvalue weighted by atomic mass is 9.91. The zero-order chi connectivity index (χ0) is 23.9. The highest BCUT2D eigenvalue weighted by Crippen LogP contribution is 2.31. The molecule has 0 fully saturated rings. The van der Waals surface area contributed by atoms with Gasteiger partial charge in [-0.2, -0.15) is 14.6 Å². The number of nitrogens with zero attached hydrogens (tertiary/aromatic N) is 5. The van der Waals surface area contributed by atoms with Crippen molar-refractivity contribution in [3.05, 3.63) is 71.6 Å². The molecule has 0 spiro atoms. The zero-order valence-electron chi connectivity index (χ0n) is 19.6. The summed E-state index contributed by atoms with van der Waals surface area (Å²) in [5.74, 6) is 0.642. The predicted octanol–water partition coefficient (Wildman–Crippen LogP) is 4.53. The molecule has 0 bridgehead atoms. The average Bonchev–Trinajstić information content (AvgIpc) is 3.46. The van der Waals surface area contributed by atoms with E-state index in [4.69, 9.17) is 14.7 Å². The predicted molar refractivity (Wildman–Crippen MR) is 132 cm³/mol. The summed E-state index contributed by atoms with van der Waals surface area (Å²) in [4.78, 5) is 17.1. The number of halogens is 1. The van der Waals surface area contributed by atoms with Crippen LogP contribution in [0, 0.1) is 5.82 Å². The fourth-order valence-corrected chi connectivity index (χ4v) is 5.01. The van der Waals surface area contributed by atoms with Crippen LogP contribution in [0.1, 0.15) is 36.1 Å². The van der Waals surface area contributed by atoms with E-state index in [1.165, 1.54) is 34.4 Å². The van der Waals surface area contributed by atoms with E-state index in [0.717, 1.165) is 24.8 Å². The second kappa shape index (κ2) is 8.74. The highest BCUT2D eigenvalue weighted by atomic mass is 19.1. The van der Waals surface area contributed by atoms with Gasteiger partial charge >= 0.3 is 0 Å². The molecule has 1 aromatic carbocycles. The first-order valence-electron chi connectivity index (χ1n) is 11.8. The molecule has 0 radical (unpaired) electrons. The topological polar surface area (TPSA) is 93.0 Å². The van der Waals surface area contributed by atoms with E-state index < -0.39 is 5.82 Å². The van der Waals surface area contributed by atoms with E-state index in [1.807, 2.05) is 6.20 Å². The highest BCUT2D eigenvalue weighted by molar-refractivity contribution is 5.85. The number of aromatic nitrogens is 6. The Kier molecular flexibility index (Phi) is 5.41. The first-order valence-corrected chi connectivity index (χ1v) is 11.8. The maximum Gasteiger partial charge on any atom is 0.228 e. The van der Waals surface area contributed by atoms with Crippen molar-refractivity contribution in [1.29, 1.82) is 0 Å². The van der Waals surface area contributed by atoms with Gasteiger partial charge in [-0.15, -0.1) is 0 Å². The fourth-order valence-electron chi connectivity index (χ4n) is 5.01. The molecule has 9 heteroatoms. The number of aromatic amines is 1. The van der Waals surface area contributed by atoms with Crippen LogP contribution in [0.5, 0.6) is 0 Å². The number of hydrogen-bond donors (Lipinski definition) is 2. The Hall–Kier alpha value is -3.85. The lowest BCUT2D eigenvalue weighted by Gasteiger charge is -2.24. The summed E-state index contributed by atoms with van der Waals surface area (Å²) < 4.78 is 21.1. The van der Waals surface area contributed by atoms with E-state index in [9.17, 15) is 4.39 Å². The van der Waals surface area contributed by atoms with Gasteiger partial charge in [-0.1, -0.05) is 25.1 Å². The molecule has 35 heavy (non-hydrogen) atoms. The minimum atomic E-state index is -0.430. The summed E-state index contributed by atoms with van der Waals surface area (Å²) in [7, 11) is 1.68. The van der Waals surface area contributed by atoms with E-state index >= 15 is 0 Å². The van der Waals surface area contributed by atoms with Gasteiger partial charge in [0.25, 0.3) is 0 Å². The van der Waals surface area contributed by atoms with E-state index in [-0.39, 0.29) is 12.0 Å². The standard InChI is InChI=1S/C26H26FN7O/c1-15(14-35-2)21-13-29-34-25(21)32-24(16-9-17(27)12-28-11-16)33-26(34)30-18-7-8-23-20(10-18)19-5-3-4-6-22(19)31-23/h3-6,9,11-13,15,18,31H,7-8,10,14H2,1-2H3,(H,30,32,33)/t15-,18+/m1/s1. The number of rotatable bonds is 6. The number of ether oxygens (including phenoxy) is 1. The number of H-pyrrole nitrogens is 1. The molecular formula is C26H26FN7O. The van der Waals surface area contributed by atoms with Crippen LogP contribution in [-0.2, 0) is 17.6 Å². The lowest BCUT2D eigenvalue weighted by molar-refractivity contribution is 0.184. The second-order valence-electron chi connectivity index (χ2n) is 9.17. The number of aryl methyl sites for hydroxylation is 1. The molecule has 0 saturated heterocycles. The highest BCUT2D eigenvalue weighted by Gasteiger charge is 2.25. The number of methoxy groups -OCH3 is 1. The summed E-state index contributed by atoms with van der Waals surface area (Å²) in [5, 5.41) is 9.49. The van der Waals surface area contributed by atoms with Crippen molar-refractivity contribution >= 4 is 22.5 Å². The van der Waals surface area contributed by atoms with Gasteiger partial charge in [0.05, 0.1) is 19.0 Å².